The minimum atomic E-state index is -1.14. The number of halogens is 3. The second-order valence-electron chi connectivity index (χ2n) is 6.37. The average molecular weight is 426 g/mol. The van der Waals surface area contributed by atoms with Crippen LogP contribution in [0.2, 0.25) is 0 Å². The number of hydrogen-bond donors (Lipinski definition) is 2. The van der Waals surface area contributed by atoms with Gasteiger partial charge in [-0.3, -0.25) is 9.63 Å². The maximum atomic E-state index is 14.5. The van der Waals surface area contributed by atoms with Crippen LogP contribution in [0, 0.1) is 31.4 Å². The number of nitrogens with one attached hydrogen (secondary N) is 2. The molecule has 138 valence electrons. The molecule has 0 aliphatic heterocycles. The summed E-state index contributed by atoms with van der Waals surface area (Å²) in [4.78, 5) is 21.7. The Labute approximate surface area is 158 Å². The van der Waals surface area contributed by atoms with Crippen LogP contribution in [0.1, 0.15) is 34.3 Å². The lowest BCUT2D eigenvalue weighted by atomic mass is 10.1. The fraction of sp³-hybridized carbons (Fsp3) is 0.333. The van der Waals surface area contributed by atoms with E-state index in [2.05, 4.69) is 31.7 Å². The van der Waals surface area contributed by atoms with E-state index in [0.29, 0.717) is 23.9 Å². The van der Waals surface area contributed by atoms with Gasteiger partial charge in [-0.15, -0.1) is 0 Å². The Morgan fingerprint density at radius 1 is 1.27 bits per heavy atom. The van der Waals surface area contributed by atoms with Crippen molar-refractivity contribution < 1.29 is 18.4 Å². The van der Waals surface area contributed by atoms with E-state index in [-0.39, 0.29) is 16.8 Å². The zero-order chi connectivity index (χ0) is 18.8. The van der Waals surface area contributed by atoms with Gasteiger partial charge in [0.05, 0.1) is 17.9 Å². The first-order valence-electron chi connectivity index (χ1n) is 8.16. The number of hydroxylamine groups is 1. The first-order valence-corrected chi connectivity index (χ1v) is 8.96. The smallest absolute Gasteiger partial charge is 0.277 e. The summed E-state index contributed by atoms with van der Waals surface area (Å²) in [6.07, 6.45) is 3.67. The van der Waals surface area contributed by atoms with Crippen molar-refractivity contribution in [1.82, 2.24) is 10.5 Å². The zero-order valence-electron chi connectivity index (χ0n) is 14.3. The van der Waals surface area contributed by atoms with E-state index in [9.17, 15) is 13.6 Å². The molecule has 1 fully saturated rings. The molecular formula is C18H18BrF2N3O2. The van der Waals surface area contributed by atoms with Crippen molar-refractivity contribution in [2.24, 2.45) is 5.92 Å². The van der Waals surface area contributed by atoms with Gasteiger partial charge in [-0.05, 0) is 71.8 Å². The van der Waals surface area contributed by atoms with Gasteiger partial charge in [0.25, 0.3) is 5.91 Å². The average Bonchev–Trinajstić information content (AvgIpc) is 3.41. The summed E-state index contributed by atoms with van der Waals surface area (Å²) in [7, 11) is 0. The molecule has 0 spiro atoms. The minimum Gasteiger partial charge on any atom is -0.337 e. The van der Waals surface area contributed by atoms with Gasteiger partial charge in [-0.25, -0.2) is 19.2 Å². The molecule has 3 rings (SSSR count). The lowest BCUT2D eigenvalue weighted by Crippen LogP contribution is -2.26. The quantitative estimate of drug-likeness (QED) is 0.666. The Kier molecular flexibility index (Phi) is 5.52. The number of carbonyl (C=O) groups is 1. The normalized spacial score (nSPS) is 13.6. The van der Waals surface area contributed by atoms with Crippen LogP contribution in [0.5, 0.6) is 0 Å². The summed E-state index contributed by atoms with van der Waals surface area (Å²) in [5.74, 6) is -2.03. The second-order valence-corrected chi connectivity index (χ2v) is 7.29. The maximum Gasteiger partial charge on any atom is 0.277 e. The molecule has 26 heavy (non-hydrogen) atoms. The highest BCUT2D eigenvalue weighted by Crippen LogP contribution is 2.30. The third-order valence-electron chi connectivity index (χ3n) is 4.10. The standard InChI is InChI=1S/C18H18BrF2N3O2/c1-9-6-13(18(25)24-26-8-11-3-4-11)16(15(21)14(9)20)23-17-10(2)5-12(19)7-22-17/h5-7,11H,3-4,8H2,1-2H3,(H,22,23)(H,24,25). The molecule has 2 aromatic rings. The van der Waals surface area contributed by atoms with Crippen molar-refractivity contribution in [1.29, 1.82) is 0 Å². The van der Waals surface area contributed by atoms with Gasteiger partial charge in [0, 0.05) is 10.7 Å². The molecule has 2 N–H and O–H groups in total. The summed E-state index contributed by atoms with van der Waals surface area (Å²) >= 11 is 3.30. The van der Waals surface area contributed by atoms with Crippen molar-refractivity contribution >= 4 is 33.3 Å². The van der Waals surface area contributed by atoms with Crippen LogP contribution < -0.4 is 10.8 Å². The van der Waals surface area contributed by atoms with Crippen molar-refractivity contribution in [3.8, 4) is 0 Å². The number of aryl methyl sites for hydroxylation is 2. The highest BCUT2D eigenvalue weighted by atomic mass is 79.9. The molecule has 1 amide bonds. The van der Waals surface area contributed by atoms with Crippen LogP contribution in [-0.4, -0.2) is 17.5 Å². The Morgan fingerprint density at radius 2 is 2.00 bits per heavy atom. The number of rotatable bonds is 6. The molecule has 1 aromatic carbocycles. The van der Waals surface area contributed by atoms with Gasteiger partial charge in [0.1, 0.15) is 5.82 Å². The van der Waals surface area contributed by atoms with Crippen molar-refractivity contribution in [2.45, 2.75) is 26.7 Å². The van der Waals surface area contributed by atoms with Crippen LogP contribution in [-0.2, 0) is 4.84 Å². The van der Waals surface area contributed by atoms with E-state index in [4.69, 9.17) is 4.84 Å². The highest BCUT2D eigenvalue weighted by Gasteiger charge is 2.24. The minimum absolute atomic E-state index is 0.0286. The van der Waals surface area contributed by atoms with Gasteiger partial charge in [0.15, 0.2) is 11.6 Å². The molecule has 5 nitrogen and oxygen atoms in total. The van der Waals surface area contributed by atoms with Gasteiger partial charge in [0.2, 0.25) is 0 Å². The summed E-state index contributed by atoms with van der Waals surface area (Å²) < 4.78 is 29.4. The van der Waals surface area contributed by atoms with Crippen LogP contribution in [0.25, 0.3) is 0 Å². The molecule has 1 aliphatic carbocycles. The molecule has 1 saturated carbocycles. The van der Waals surface area contributed by atoms with Crippen molar-refractivity contribution in [3.05, 3.63) is 51.1 Å². The van der Waals surface area contributed by atoms with Crippen LogP contribution >= 0.6 is 15.9 Å². The molecule has 1 heterocycles. The highest BCUT2D eigenvalue weighted by molar-refractivity contribution is 9.10. The molecule has 0 bridgehead atoms. The fourth-order valence-corrected chi connectivity index (χ4v) is 2.85. The Balaban J connectivity index is 1.90. The molecule has 8 heteroatoms. The number of hydrogen-bond acceptors (Lipinski definition) is 4. The topological polar surface area (TPSA) is 63.2 Å². The third kappa shape index (κ3) is 4.19. The SMILES string of the molecule is Cc1cc(Br)cnc1Nc1c(C(=O)NOCC2CC2)cc(C)c(F)c1F. The van der Waals surface area contributed by atoms with Crippen LogP contribution in [0.15, 0.2) is 22.8 Å². The van der Waals surface area contributed by atoms with E-state index in [1.807, 2.05) is 0 Å². The molecular weight excluding hydrogens is 408 g/mol. The van der Waals surface area contributed by atoms with E-state index < -0.39 is 17.5 Å². The monoisotopic (exact) mass is 425 g/mol. The number of anilines is 2. The number of pyridine rings is 1. The summed E-state index contributed by atoms with van der Waals surface area (Å²) in [5.41, 5.74) is 2.70. The van der Waals surface area contributed by atoms with Gasteiger partial charge in [-0.2, -0.15) is 0 Å². The maximum absolute atomic E-state index is 14.5. The number of amides is 1. The predicted molar refractivity (Wildman–Crippen MR) is 97.2 cm³/mol. The largest absolute Gasteiger partial charge is 0.337 e. The summed E-state index contributed by atoms with van der Waals surface area (Å²) in [6, 6.07) is 3.06. The van der Waals surface area contributed by atoms with Gasteiger partial charge >= 0.3 is 0 Å². The third-order valence-corrected chi connectivity index (χ3v) is 4.54. The van der Waals surface area contributed by atoms with Crippen molar-refractivity contribution in [2.75, 3.05) is 11.9 Å². The Bertz CT molecular complexity index is 857. The summed E-state index contributed by atoms with van der Waals surface area (Å²) in [5, 5.41) is 2.73. The number of carbonyl (C=O) groups excluding carboxylic acids is 1. The van der Waals surface area contributed by atoms with Gasteiger partial charge in [-0.1, -0.05) is 0 Å². The zero-order valence-corrected chi connectivity index (χ0v) is 15.9. The van der Waals surface area contributed by atoms with Crippen molar-refractivity contribution in [3.63, 3.8) is 0 Å². The first kappa shape index (κ1) is 18.7. The first-order chi connectivity index (χ1) is 12.4. The fourth-order valence-electron chi connectivity index (χ4n) is 2.41. The molecule has 1 aromatic heterocycles. The molecule has 0 saturated heterocycles. The number of aromatic nitrogens is 1. The Morgan fingerprint density at radius 3 is 2.65 bits per heavy atom. The van der Waals surface area contributed by atoms with E-state index in [1.54, 1.807) is 13.0 Å². The second kappa shape index (κ2) is 7.67. The van der Waals surface area contributed by atoms with E-state index in [0.717, 1.165) is 17.3 Å². The lowest BCUT2D eigenvalue weighted by Gasteiger charge is -2.16. The molecule has 0 atom stereocenters. The predicted octanol–water partition coefficient (Wildman–Crippen LogP) is 4.55. The summed E-state index contributed by atoms with van der Waals surface area (Å²) in [6.45, 7) is 3.57. The van der Waals surface area contributed by atoms with E-state index in [1.165, 1.54) is 19.2 Å². The van der Waals surface area contributed by atoms with E-state index >= 15 is 0 Å². The molecule has 1 aliphatic rings. The van der Waals surface area contributed by atoms with Gasteiger partial charge < -0.3 is 5.32 Å². The number of nitrogens with zero attached hydrogens (tertiary/aromatic N) is 1. The molecule has 0 unspecified atom stereocenters. The van der Waals surface area contributed by atoms with Crippen LogP contribution in [0.3, 0.4) is 0 Å². The lowest BCUT2D eigenvalue weighted by molar-refractivity contribution is 0.0270. The Hall–Kier alpha value is -2.06. The number of benzene rings is 1. The molecule has 0 radical (unpaired) electrons. The van der Waals surface area contributed by atoms with Crippen LogP contribution in [0.4, 0.5) is 20.3 Å².